The van der Waals surface area contributed by atoms with E-state index in [0.29, 0.717) is 6.42 Å². The molecule has 1 aliphatic heterocycles. The number of nitrogens with one attached hydrogen (secondary N) is 2. The zero-order valence-corrected chi connectivity index (χ0v) is 7.55. The summed E-state index contributed by atoms with van der Waals surface area (Å²) in [7, 11) is 0. The first-order chi connectivity index (χ1) is 6.16. The highest BCUT2D eigenvalue weighted by Gasteiger charge is 2.22. The van der Waals surface area contributed by atoms with Gasteiger partial charge in [-0.05, 0) is 13.8 Å². The Morgan fingerprint density at radius 3 is 3.15 bits per heavy atom. The second-order valence-corrected chi connectivity index (χ2v) is 3.22. The molecular weight excluding hydrogens is 170 g/mol. The summed E-state index contributed by atoms with van der Waals surface area (Å²) in [6, 6.07) is 0. The molecule has 2 N–H and O–H groups in total. The maximum Gasteiger partial charge on any atom is 0.412 e. The molecule has 0 saturated heterocycles. The summed E-state index contributed by atoms with van der Waals surface area (Å²) >= 11 is 0. The van der Waals surface area contributed by atoms with Gasteiger partial charge in [0.15, 0.2) is 0 Å². The average molecular weight is 181 g/mol. The van der Waals surface area contributed by atoms with Gasteiger partial charge in [-0.15, -0.1) is 0 Å². The number of aromatic amines is 1. The number of carbonyl (C=O) groups is 1. The van der Waals surface area contributed by atoms with E-state index in [2.05, 4.69) is 15.5 Å². The molecule has 0 saturated carbocycles. The Morgan fingerprint density at radius 2 is 2.38 bits per heavy atom. The van der Waals surface area contributed by atoms with Gasteiger partial charge in [0.2, 0.25) is 0 Å². The van der Waals surface area contributed by atoms with Crippen LogP contribution in [0.25, 0.3) is 0 Å². The van der Waals surface area contributed by atoms with Gasteiger partial charge in [0.25, 0.3) is 0 Å². The van der Waals surface area contributed by atoms with E-state index < -0.39 is 6.09 Å². The van der Waals surface area contributed by atoms with Crippen LogP contribution in [0.15, 0.2) is 0 Å². The van der Waals surface area contributed by atoms with Crippen LogP contribution in [0, 0.1) is 6.92 Å². The van der Waals surface area contributed by atoms with Gasteiger partial charge in [-0.25, -0.2) is 4.79 Å². The number of carbonyl (C=O) groups excluding carboxylic acids is 1. The van der Waals surface area contributed by atoms with Gasteiger partial charge in [0.05, 0.1) is 17.1 Å². The minimum Gasteiger partial charge on any atom is -0.446 e. The lowest BCUT2D eigenvalue weighted by atomic mass is 10.2. The molecular formula is C8H11N3O2. The molecule has 0 radical (unpaired) electrons. The van der Waals surface area contributed by atoms with Crippen molar-refractivity contribution in [2.75, 3.05) is 5.32 Å². The number of amides is 1. The molecule has 1 atom stereocenters. The van der Waals surface area contributed by atoms with Crippen LogP contribution in [0.5, 0.6) is 0 Å². The SMILES string of the molecule is Cc1[nH]nc2c1NC(=O)O[C@H](C)C2. The number of ether oxygens (including phenoxy) is 1. The minimum absolute atomic E-state index is 0.121. The number of H-pyrrole nitrogens is 1. The first-order valence-corrected chi connectivity index (χ1v) is 4.18. The van der Waals surface area contributed by atoms with Gasteiger partial charge in [0.1, 0.15) is 6.10 Å². The molecule has 1 amide bonds. The summed E-state index contributed by atoms with van der Waals surface area (Å²) in [5.74, 6) is 0. The van der Waals surface area contributed by atoms with Crippen molar-refractivity contribution in [3.63, 3.8) is 0 Å². The van der Waals surface area contributed by atoms with E-state index in [1.165, 1.54) is 0 Å². The van der Waals surface area contributed by atoms with E-state index in [-0.39, 0.29) is 6.10 Å². The number of aryl methyl sites for hydroxylation is 1. The van der Waals surface area contributed by atoms with Crippen LogP contribution in [0.3, 0.4) is 0 Å². The molecule has 0 bridgehead atoms. The zero-order valence-electron chi connectivity index (χ0n) is 7.55. The monoisotopic (exact) mass is 181 g/mol. The first-order valence-electron chi connectivity index (χ1n) is 4.18. The minimum atomic E-state index is -0.407. The van der Waals surface area contributed by atoms with Crippen molar-refractivity contribution in [1.82, 2.24) is 10.2 Å². The van der Waals surface area contributed by atoms with Gasteiger partial charge in [0, 0.05) is 6.42 Å². The van der Waals surface area contributed by atoms with Crippen molar-refractivity contribution in [3.05, 3.63) is 11.4 Å². The lowest BCUT2D eigenvalue weighted by Gasteiger charge is -2.06. The molecule has 0 aromatic carbocycles. The fourth-order valence-corrected chi connectivity index (χ4v) is 1.42. The molecule has 1 aromatic heterocycles. The van der Waals surface area contributed by atoms with Crippen LogP contribution < -0.4 is 5.32 Å². The Balaban J connectivity index is 2.39. The predicted octanol–water partition coefficient (Wildman–Crippen LogP) is 1.21. The number of aromatic nitrogens is 2. The third-order valence-corrected chi connectivity index (χ3v) is 2.04. The van der Waals surface area contributed by atoms with E-state index in [9.17, 15) is 4.79 Å². The number of fused-ring (bicyclic) bond motifs is 1. The second-order valence-electron chi connectivity index (χ2n) is 3.22. The Labute approximate surface area is 75.5 Å². The van der Waals surface area contributed by atoms with Crippen molar-refractivity contribution < 1.29 is 9.53 Å². The summed E-state index contributed by atoms with van der Waals surface area (Å²) in [5, 5.41) is 9.56. The molecule has 13 heavy (non-hydrogen) atoms. The van der Waals surface area contributed by atoms with Gasteiger partial charge in [-0.2, -0.15) is 5.10 Å². The molecule has 5 heteroatoms. The van der Waals surface area contributed by atoms with Crippen molar-refractivity contribution in [1.29, 1.82) is 0 Å². The van der Waals surface area contributed by atoms with Gasteiger partial charge < -0.3 is 4.74 Å². The number of nitrogens with zero attached hydrogens (tertiary/aromatic N) is 1. The summed E-state index contributed by atoms with van der Waals surface area (Å²) in [4.78, 5) is 11.1. The van der Waals surface area contributed by atoms with Crippen molar-refractivity contribution >= 4 is 11.8 Å². The fourth-order valence-electron chi connectivity index (χ4n) is 1.42. The van der Waals surface area contributed by atoms with Crippen LogP contribution >= 0.6 is 0 Å². The lowest BCUT2D eigenvalue weighted by Crippen LogP contribution is -2.17. The Morgan fingerprint density at radius 1 is 1.62 bits per heavy atom. The molecule has 1 aliphatic rings. The molecule has 0 unspecified atom stereocenters. The quantitative estimate of drug-likeness (QED) is 0.632. The predicted molar refractivity (Wildman–Crippen MR) is 46.6 cm³/mol. The van der Waals surface area contributed by atoms with E-state index in [4.69, 9.17) is 4.74 Å². The third kappa shape index (κ3) is 1.37. The molecule has 2 heterocycles. The van der Waals surface area contributed by atoms with Gasteiger partial charge in [-0.3, -0.25) is 10.4 Å². The normalized spacial score (nSPS) is 21.4. The maximum atomic E-state index is 11.1. The number of cyclic esters (lactones) is 1. The first kappa shape index (κ1) is 8.10. The molecule has 0 aliphatic carbocycles. The van der Waals surface area contributed by atoms with Crippen LogP contribution in [-0.2, 0) is 11.2 Å². The molecule has 70 valence electrons. The average Bonchev–Trinajstić information content (AvgIpc) is 2.32. The van der Waals surface area contributed by atoms with Crippen LogP contribution in [0.1, 0.15) is 18.3 Å². The summed E-state index contributed by atoms with van der Waals surface area (Å²) in [6.07, 6.45) is 0.123. The van der Waals surface area contributed by atoms with Gasteiger partial charge >= 0.3 is 6.09 Å². The summed E-state index contributed by atoms with van der Waals surface area (Å²) in [6.45, 7) is 3.71. The number of hydrogen-bond donors (Lipinski definition) is 2. The third-order valence-electron chi connectivity index (χ3n) is 2.04. The molecule has 0 spiro atoms. The molecule has 5 nitrogen and oxygen atoms in total. The van der Waals surface area contributed by atoms with Crippen LogP contribution in [-0.4, -0.2) is 22.4 Å². The summed E-state index contributed by atoms with van der Waals surface area (Å²) < 4.78 is 5.00. The Kier molecular flexibility index (Phi) is 1.72. The maximum absolute atomic E-state index is 11.1. The van der Waals surface area contributed by atoms with Crippen molar-refractivity contribution in [2.24, 2.45) is 0 Å². The number of rotatable bonds is 0. The topological polar surface area (TPSA) is 67.0 Å². The zero-order chi connectivity index (χ0) is 9.42. The molecule has 2 rings (SSSR count). The van der Waals surface area contributed by atoms with Crippen molar-refractivity contribution in [3.8, 4) is 0 Å². The lowest BCUT2D eigenvalue weighted by molar-refractivity contribution is 0.122. The fraction of sp³-hybridized carbons (Fsp3) is 0.500. The van der Waals surface area contributed by atoms with E-state index >= 15 is 0 Å². The largest absolute Gasteiger partial charge is 0.446 e. The highest BCUT2D eigenvalue weighted by Crippen LogP contribution is 2.22. The standard InChI is InChI=1S/C8H11N3O2/c1-4-3-6-7(5(2)10-11-6)9-8(12)13-4/h4H,3H2,1-2H3,(H,9,12)(H,10,11)/t4-/m1/s1. The van der Waals surface area contributed by atoms with Gasteiger partial charge in [-0.1, -0.05) is 0 Å². The second kappa shape index (κ2) is 2.76. The number of anilines is 1. The van der Waals surface area contributed by atoms with Crippen LogP contribution in [0.2, 0.25) is 0 Å². The Bertz CT molecular complexity index is 345. The highest BCUT2D eigenvalue weighted by molar-refractivity contribution is 5.87. The van der Waals surface area contributed by atoms with Crippen LogP contribution in [0.4, 0.5) is 10.5 Å². The number of hydrogen-bond acceptors (Lipinski definition) is 3. The van der Waals surface area contributed by atoms with E-state index in [1.54, 1.807) is 0 Å². The highest BCUT2D eigenvalue weighted by atomic mass is 16.6. The van der Waals surface area contributed by atoms with E-state index in [0.717, 1.165) is 17.1 Å². The van der Waals surface area contributed by atoms with Crippen molar-refractivity contribution in [2.45, 2.75) is 26.4 Å². The Hall–Kier alpha value is -1.52. The molecule has 0 fully saturated rings. The van der Waals surface area contributed by atoms with E-state index in [1.807, 2.05) is 13.8 Å². The smallest absolute Gasteiger partial charge is 0.412 e. The molecule has 1 aromatic rings. The summed E-state index contributed by atoms with van der Waals surface area (Å²) in [5.41, 5.74) is 2.48.